The van der Waals surface area contributed by atoms with Crippen molar-refractivity contribution in [2.75, 3.05) is 6.61 Å². The molecule has 3 rings (SSSR count). The Balaban J connectivity index is 1.84. The summed E-state index contributed by atoms with van der Waals surface area (Å²) in [6.45, 7) is 3.27. The Kier molecular flexibility index (Phi) is 5.00. The maximum atomic E-state index is 12.6. The van der Waals surface area contributed by atoms with Crippen LogP contribution >= 0.6 is 0 Å². The van der Waals surface area contributed by atoms with Crippen molar-refractivity contribution in [2.24, 2.45) is 0 Å². The molecule has 0 spiro atoms. The van der Waals surface area contributed by atoms with E-state index in [-0.39, 0.29) is 11.5 Å². The van der Waals surface area contributed by atoms with Gasteiger partial charge in [0.25, 0.3) is 15.9 Å². The van der Waals surface area contributed by atoms with Crippen LogP contribution in [0.3, 0.4) is 0 Å². The normalized spacial score (nSPS) is 11.3. The van der Waals surface area contributed by atoms with Gasteiger partial charge in [0, 0.05) is 12.4 Å². The average molecular weight is 386 g/mol. The zero-order valence-corrected chi connectivity index (χ0v) is 15.6. The van der Waals surface area contributed by atoms with Crippen molar-refractivity contribution in [3.05, 3.63) is 82.5 Å². The zero-order valence-electron chi connectivity index (χ0n) is 14.8. The Labute approximate surface area is 156 Å². The van der Waals surface area contributed by atoms with Crippen molar-refractivity contribution in [1.82, 2.24) is 8.54 Å². The number of aryl methyl sites for hydroxylation is 2. The van der Waals surface area contributed by atoms with E-state index in [1.54, 1.807) is 24.3 Å². The standard InChI is InChI=1S/C19H18N2O5S/c1-14-7-9-16(10-8-14)27(24,25)21-12-11-20(19(21)23)18(22)13-26-17-6-4-3-5-15(17)2/h3-12H,13H2,1-2H3. The summed E-state index contributed by atoms with van der Waals surface area (Å²) in [5.41, 5.74) is 0.772. The van der Waals surface area contributed by atoms with Gasteiger partial charge in [-0.3, -0.25) is 4.79 Å². The van der Waals surface area contributed by atoms with Gasteiger partial charge in [-0.1, -0.05) is 35.9 Å². The predicted molar refractivity (Wildman–Crippen MR) is 99.8 cm³/mol. The number of hydrogen-bond donors (Lipinski definition) is 0. The number of nitrogens with zero attached hydrogens (tertiary/aromatic N) is 2. The largest absolute Gasteiger partial charge is 0.483 e. The second-order valence-electron chi connectivity index (χ2n) is 6.01. The molecule has 0 radical (unpaired) electrons. The number of imidazole rings is 1. The smallest absolute Gasteiger partial charge is 0.349 e. The van der Waals surface area contributed by atoms with E-state index in [0.29, 0.717) is 9.72 Å². The van der Waals surface area contributed by atoms with Gasteiger partial charge in [0.05, 0.1) is 4.90 Å². The van der Waals surface area contributed by atoms with Crippen LogP contribution in [0.1, 0.15) is 15.9 Å². The first-order chi connectivity index (χ1) is 12.8. The minimum atomic E-state index is -4.08. The summed E-state index contributed by atoms with van der Waals surface area (Å²) >= 11 is 0. The molecule has 140 valence electrons. The Morgan fingerprint density at radius 3 is 2.33 bits per heavy atom. The molecular formula is C19H18N2O5S. The third kappa shape index (κ3) is 3.70. The molecule has 7 nitrogen and oxygen atoms in total. The van der Waals surface area contributed by atoms with E-state index in [1.807, 2.05) is 26.0 Å². The lowest BCUT2D eigenvalue weighted by atomic mass is 10.2. The number of carbonyl (C=O) groups excluding carboxylic acids is 1. The summed E-state index contributed by atoms with van der Waals surface area (Å²) in [7, 11) is -4.08. The van der Waals surface area contributed by atoms with Crippen molar-refractivity contribution in [3.63, 3.8) is 0 Å². The average Bonchev–Trinajstić information content (AvgIpc) is 3.03. The molecule has 0 amide bonds. The third-order valence-electron chi connectivity index (χ3n) is 4.04. The summed E-state index contributed by atoms with van der Waals surface area (Å²) < 4.78 is 32.0. The molecule has 0 fully saturated rings. The monoisotopic (exact) mass is 386 g/mol. The lowest BCUT2D eigenvalue weighted by Gasteiger charge is -2.08. The van der Waals surface area contributed by atoms with Crippen LogP contribution in [0.4, 0.5) is 0 Å². The van der Waals surface area contributed by atoms with E-state index in [0.717, 1.165) is 28.1 Å². The van der Waals surface area contributed by atoms with Crippen LogP contribution in [-0.4, -0.2) is 29.5 Å². The Morgan fingerprint density at radius 1 is 1.00 bits per heavy atom. The molecule has 1 aromatic heterocycles. The lowest BCUT2D eigenvalue weighted by Crippen LogP contribution is -2.34. The van der Waals surface area contributed by atoms with E-state index in [9.17, 15) is 18.0 Å². The Morgan fingerprint density at radius 2 is 1.67 bits per heavy atom. The Hall–Kier alpha value is -3.13. The van der Waals surface area contributed by atoms with Gasteiger partial charge >= 0.3 is 5.69 Å². The molecule has 27 heavy (non-hydrogen) atoms. The summed E-state index contributed by atoms with van der Waals surface area (Å²) in [4.78, 5) is 24.7. The van der Waals surface area contributed by atoms with Crippen LogP contribution in [0.15, 0.2) is 70.6 Å². The number of para-hydroxylation sites is 1. The van der Waals surface area contributed by atoms with Crippen LogP contribution in [-0.2, 0) is 10.0 Å². The van der Waals surface area contributed by atoms with Crippen LogP contribution in [0, 0.1) is 13.8 Å². The van der Waals surface area contributed by atoms with E-state index < -0.39 is 21.6 Å². The fourth-order valence-corrected chi connectivity index (χ4v) is 3.70. The van der Waals surface area contributed by atoms with Crippen LogP contribution < -0.4 is 10.4 Å². The molecule has 0 atom stereocenters. The maximum Gasteiger partial charge on any atom is 0.349 e. The number of rotatable bonds is 5. The molecule has 0 unspecified atom stereocenters. The van der Waals surface area contributed by atoms with Crippen molar-refractivity contribution in [3.8, 4) is 5.75 Å². The highest BCUT2D eigenvalue weighted by molar-refractivity contribution is 7.90. The minimum absolute atomic E-state index is 0.0310. The predicted octanol–water partition coefficient (Wildman–Crippen LogP) is 2.22. The molecule has 0 saturated heterocycles. The van der Waals surface area contributed by atoms with Crippen molar-refractivity contribution in [2.45, 2.75) is 18.7 Å². The molecule has 0 aliphatic carbocycles. The van der Waals surface area contributed by atoms with Gasteiger partial charge in [0.15, 0.2) is 6.61 Å². The Bertz CT molecular complexity index is 1140. The van der Waals surface area contributed by atoms with Crippen molar-refractivity contribution in [1.29, 1.82) is 0 Å². The highest BCUT2D eigenvalue weighted by Crippen LogP contribution is 2.16. The number of carbonyl (C=O) groups is 1. The van der Waals surface area contributed by atoms with Crippen LogP contribution in [0.5, 0.6) is 5.75 Å². The van der Waals surface area contributed by atoms with Gasteiger partial charge < -0.3 is 4.74 Å². The highest BCUT2D eigenvalue weighted by atomic mass is 32.2. The topological polar surface area (TPSA) is 87.4 Å². The molecule has 0 N–H and O–H groups in total. The van der Waals surface area contributed by atoms with Crippen molar-refractivity contribution >= 4 is 15.9 Å². The molecule has 1 heterocycles. The third-order valence-corrected chi connectivity index (χ3v) is 5.70. The molecular weight excluding hydrogens is 368 g/mol. The lowest BCUT2D eigenvalue weighted by molar-refractivity contribution is 0.0833. The molecule has 2 aromatic carbocycles. The van der Waals surface area contributed by atoms with Gasteiger partial charge in [-0.15, -0.1) is 0 Å². The quantitative estimate of drug-likeness (QED) is 0.671. The molecule has 8 heteroatoms. The summed E-state index contributed by atoms with van der Waals surface area (Å²) in [5.74, 6) is -0.147. The minimum Gasteiger partial charge on any atom is -0.483 e. The van der Waals surface area contributed by atoms with Crippen LogP contribution in [0.2, 0.25) is 0 Å². The number of ether oxygens (including phenoxy) is 1. The molecule has 3 aromatic rings. The van der Waals surface area contributed by atoms with Gasteiger partial charge in [0.1, 0.15) is 5.75 Å². The van der Waals surface area contributed by atoms with E-state index in [1.165, 1.54) is 12.1 Å². The SMILES string of the molecule is Cc1ccc(S(=O)(=O)n2ccn(C(=O)COc3ccccc3C)c2=O)cc1. The number of benzene rings is 2. The van der Waals surface area contributed by atoms with Gasteiger partial charge in [-0.2, -0.15) is 3.97 Å². The van der Waals surface area contributed by atoms with Gasteiger partial charge in [-0.05, 0) is 37.6 Å². The molecule has 0 saturated carbocycles. The molecule has 0 bridgehead atoms. The fraction of sp³-hybridized carbons (Fsp3) is 0.158. The second kappa shape index (κ2) is 7.24. The first-order valence-electron chi connectivity index (χ1n) is 8.14. The maximum absolute atomic E-state index is 12.6. The number of aromatic nitrogens is 2. The van der Waals surface area contributed by atoms with E-state index in [4.69, 9.17) is 4.74 Å². The first kappa shape index (κ1) is 18.7. The number of hydrogen-bond acceptors (Lipinski definition) is 5. The molecule has 0 aliphatic heterocycles. The van der Waals surface area contributed by atoms with E-state index >= 15 is 0 Å². The van der Waals surface area contributed by atoms with Gasteiger partial charge in [0.2, 0.25) is 0 Å². The summed E-state index contributed by atoms with van der Waals surface area (Å²) in [6.07, 6.45) is 2.18. The second-order valence-corrected chi connectivity index (χ2v) is 7.83. The summed E-state index contributed by atoms with van der Waals surface area (Å²) in [6, 6.07) is 13.2. The fourth-order valence-electron chi connectivity index (χ4n) is 2.48. The van der Waals surface area contributed by atoms with Crippen molar-refractivity contribution < 1.29 is 17.9 Å². The zero-order chi connectivity index (χ0) is 19.6. The van der Waals surface area contributed by atoms with Gasteiger partial charge in [-0.25, -0.2) is 17.8 Å². The highest BCUT2D eigenvalue weighted by Gasteiger charge is 2.22. The first-order valence-corrected chi connectivity index (χ1v) is 9.58. The molecule has 0 aliphatic rings. The summed E-state index contributed by atoms with van der Waals surface area (Å²) in [5, 5.41) is 0. The van der Waals surface area contributed by atoms with Crippen LogP contribution in [0.25, 0.3) is 0 Å². The van der Waals surface area contributed by atoms with E-state index in [2.05, 4.69) is 0 Å².